The van der Waals surface area contributed by atoms with Crippen LogP contribution in [-0.4, -0.2) is 31.9 Å². The summed E-state index contributed by atoms with van der Waals surface area (Å²) in [5.74, 6) is 0.336. The lowest BCUT2D eigenvalue weighted by Gasteiger charge is -2.11. The van der Waals surface area contributed by atoms with Crippen LogP contribution in [0.4, 0.5) is 0 Å². The Balaban J connectivity index is 1.57. The van der Waals surface area contributed by atoms with Gasteiger partial charge in [0.25, 0.3) is 11.8 Å². The molecule has 4 N–H and O–H groups in total. The first-order valence-corrected chi connectivity index (χ1v) is 9.41. The summed E-state index contributed by atoms with van der Waals surface area (Å²) >= 11 is 0. The largest absolute Gasteiger partial charge is 0.493 e. The van der Waals surface area contributed by atoms with Crippen molar-refractivity contribution in [3.63, 3.8) is 0 Å². The predicted molar refractivity (Wildman–Crippen MR) is 116 cm³/mol. The molecule has 3 aromatic carbocycles. The highest BCUT2D eigenvalue weighted by atomic mass is 16.5. The molecule has 164 valence electrons. The molecule has 0 atom stereocenters. The fourth-order valence-corrected chi connectivity index (χ4v) is 2.73. The van der Waals surface area contributed by atoms with Crippen LogP contribution in [0.25, 0.3) is 0 Å². The number of benzene rings is 3. The molecule has 0 aliphatic rings. The Morgan fingerprint density at radius 1 is 0.656 bits per heavy atom. The Bertz CT molecular complexity index is 1130. The van der Waals surface area contributed by atoms with Crippen molar-refractivity contribution in [1.29, 1.82) is 0 Å². The van der Waals surface area contributed by atoms with E-state index >= 15 is 0 Å². The van der Waals surface area contributed by atoms with Crippen molar-refractivity contribution >= 4 is 17.7 Å². The maximum Gasteiger partial charge on any atom is 0.269 e. The molecule has 0 heterocycles. The summed E-state index contributed by atoms with van der Waals surface area (Å²) in [7, 11) is 2.96. The number of hydrogen-bond donors (Lipinski definition) is 3. The summed E-state index contributed by atoms with van der Waals surface area (Å²) in [6.45, 7) is 0. The third kappa shape index (κ3) is 5.33. The summed E-state index contributed by atoms with van der Waals surface area (Å²) in [5, 5.41) is 0. The zero-order valence-electron chi connectivity index (χ0n) is 17.4. The second kappa shape index (κ2) is 9.98. The molecule has 0 fully saturated rings. The Hall–Kier alpha value is -4.53. The van der Waals surface area contributed by atoms with Crippen molar-refractivity contribution in [1.82, 2.24) is 10.9 Å². The van der Waals surface area contributed by atoms with Crippen LogP contribution in [0.1, 0.15) is 31.1 Å². The number of ether oxygens (including phenoxy) is 3. The van der Waals surface area contributed by atoms with Gasteiger partial charge in [-0.2, -0.15) is 0 Å². The summed E-state index contributed by atoms with van der Waals surface area (Å²) in [6.07, 6.45) is 0. The monoisotopic (exact) mass is 435 g/mol. The van der Waals surface area contributed by atoms with Gasteiger partial charge in [0.05, 0.1) is 14.2 Å². The number of rotatable bonds is 7. The van der Waals surface area contributed by atoms with E-state index in [4.69, 9.17) is 19.9 Å². The number of carbonyl (C=O) groups excluding carboxylic acids is 3. The lowest BCUT2D eigenvalue weighted by atomic mass is 10.2. The van der Waals surface area contributed by atoms with Gasteiger partial charge in [-0.15, -0.1) is 0 Å². The second-order valence-corrected chi connectivity index (χ2v) is 6.49. The number of amides is 3. The molecular weight excluding hydrogens is 414 g/mol. The minimum absolute atomic E-state index is 0.286. The molecular formula is C23H21N3O6. The van der Waals surface area contributed by atoms with Crippen LogP contribution in [0.5, 0.6) is 23.0 Å². The minimum Gasteiger partial charge on any atom is -0.493 e. The van der Waals surface area contributed by atoms with E-state index < -0.39 is 17.7 Å². The molecule has 9 heteroatoms. The van der Waals surface area contributed by atoms with Crippen molar-refractivity contribution in [2.24, 2.45) is 5.73 Å². The van der Waals surface area contributed by atoms with Crippen LogP contribution in [0, 0.1) is 0 Å². The highest BCUT2D eigenvalue weighted by molar-refractivity contribution is 5.99. The minimum atomic E-state index is -0.523. The van der Waals surface area contributed by atoms with Crippen LogP contribution in [-0.2, 0) is 0 Å². The van der Waals surface area contributed by atoms with E-state index in [1.54, 1.807) is 60.7 Å². The normalized spacial score (nSPS) is 10.1. The van der Waals surface area contributed by atoms with Gasteiger partial charge >= 0.3 is 0 Å². The second-order valence-electron chi connectivity index (χ2n) is 6.49. The van der Waals surface area contributed by atoms with E-state index in [1.807, 2.05) is 0 Å². The summed E-state index contributed by atoms with van der Waals surface area (Å²) in [5.41, 5.74) is 10.9. The van der Waals surface area contributed by atoms with Crippen molar-refractivity contribution in [2.75, 3.05) is 14.2 Å². The fraction of sp³-hybridized carbons (Fsp3) is 0.0870. The third-order valence-corrected chi connectivity index (χ3v) is 4.43. The fourth-order valence-electron chi connectivity index (χ4n) is 2.73. The highest BCUT2D eigenvalue weighted by Gasteiger charge is 2.12. The number of methoxy groups -OCH3 is 2. The number of hydrazine groups is 1. The number of hydrogen-bond acceptors (Lipinski definition) is 6. The molecule has 0 aliphatic heterocycles. The number of nitrogens with one attached hydrogen (secondary N) is 2. The van der Waals surface area contributed by atoms with Crippen LogP contribution in [0.3, 0.4) is 0 Å². The molecule has 0 saturated carbocycles. The van der Waals surface area contributed by atoms with Crippen LogP contribution >= 0.6 is 0 Å². The zero-order valence-corrected chi connectivity index (χ0v) is 17.4. The van der Waals surface area contributed by atoms with Gasteiger partial charge in [0.15, 0.2) is 11.5 Å². The van der Waals surface area contributed by atoms with Gasteiger partial charge < -0.3 is 19.9 Å². The first kappa shape index (κ1) is 22.2. The number of primary amides is 1. The van der Waals surface area contributed by atoms with Gasteiger partial charge in [-0.25, -0.2) is 0 Å². The third-order valence-electron chi connectivity index (χ3n) is 4.43. The summed E-state index contributed by atoms with van der Waals surface area (Å²) < 4.78 is 16.0. The maximum atomic E-state index is 12.3. The smallest absolute Gasteiger partial charge is 0.269 e. The SMILES string of the molecule is COc1ccc(C(=O)NNC(=O)c2ccc(Oc3ccc(C(N)=O)cc3)cc2)cc1OC. The molecule has 0 aromatic heterocycles. The quantitative estimate of drug-likeness (QED) is 0.490. The number of carbonyl (C=O) groups is 3. The molecule has 0 saturated heterocycles. The average Bonchev–Trinajstić information content (AvgIpc) is 2.82. The Kier molecular flexibility index (Phi) is 6.92. The van der Waals surface area contributed by atoms with Crippen molar-refractivity contribution in [3.8, 4) is 23.0 Å². The van der Waals surface area contributed by atoms with E-state index in [0.717, 1.165) is 0 Å². The van der Waals surface area contributed by atoms with Crippen LogP contribution in [0.15, 0.2) is 66.7 Å². The topological polar surface area (TPSA) is 129 Å². The molecule has 0 unspecified atom stereocenters. The van der Waals surface area contributed by atoms with Crippen LogP contribution in [0.2, 0.25) is 0 Å². The molecule has 9 nitrogen and oxygen atoms in total. The standard InChI is InChI=1S/C23H21N3O6/c1-30-19-12-7-16(13-20(19)31-2)23(29)26-25-22(28)15-5-10-18(11-6-15)32-17-8-3-14(4-9-17)21(24)27/h3-13H,1-2H3,(H2,24,27)(H,25,28)(H,26,29). The van der Waals surface area contributed by atoms with Gasteiger partial charge in [0.2, 0.25) is 5.91 Å². The Labute approximate surface area is 184 Å². The molecule has 3 aromatic rings. The lowest BCUT2D eigenvalue weighted by Crippen LogP contribution is -2.41. The Morgan fingerprint density at radius 2 is 1.12 bits per heavy atom. The van der Waals surface area contributed by atoms with Gasteiger partial charge in [-0.1, -0.05) is 0 Å². The predicted octanol–water partition coefficient (Wildman–Crippen LogP) is 2.67. The average molecular weight is 435 g/mol. The molecule has 0 spiro atoms. The maximum absolute atomic E-state index is 12.3. The van der Waals surface area contributed by atoms with Gasteiger partial charge in [-0.3, -0.25) is 25.2 Å². The highest BCUT2D eigenvalue weighted by Crippen LogP contribution is 2.27. The lowest BCUT2D eigenvalue weighted by molar-refractivity contribution is 0.0846. The van der Waals surface area contributed by atoms with Gasteiger partial charge in [0.1, 0.15) is 11.5 Å². The van der Waals surface area contributed by atoms with Crippen molar-refractivity contribution in [2.45, 2.75) is 0 Å². The molecule has 0 bridgehead atoms. The van der Waals surface area contributed by atoms with Crippen molar-refractivity contribution < 1.29 is 28.6 Å². The molecule has 32 heavy (non-hydrogen) atoms. The van der Waals surface area contributed by atoms with Gasteiger partial charge in [-0.05, 0) is 66.7 Å². The summed E-state index contributed by atoms with van der Waals surface area (Å²) in [6, 6.07) is 17.3. The van der Waals surface area contributed by atoms with Crippen LogP contribution < -0.4 is 30.8 Å². The zero-order chi connectivity index (χ0) is 23.1. The summed E-state index contributed by atoms with van der Waals surface area (Å²) in [4.78, 5) is 35.7. The van der Waals surface area contributed by atoms with E-state index in [2.05, 4.69) is 10.9 Å². The first-order chi connectivity index (χ1) is 15.4. The molecule has 3 rings (SSSR count). The first-order valence-electron chi connectivity index (χ1n) is 9.41. The molecule has 3 amide bonds. The van der Waals surface area contributed by atoms with E-state index in [-0.39, 0.29) is 5.56 Å². The molecule has 0 aliphatic carbocycles. The van der Waals surface area contributed by atoms with Gasteiger partial charge in [0, 0.05) is 16.7 Å². The van der Waals surface area contributed by atoms with Crippen molar-refractivity contribution in [3.05, 3.63) is 83.4 Å². The Morgan fingerprint density at radius 3 is 1.62 bits per heavy atom. The number of nitrogens with two attached hydrogens (primary N) is 1. The van der Waals surface area contributed by atoms with E-state index in [9.17, 15) is 14.4 Å². The van der Waals surface area contributed by atoms with E-state index in [1.165, 1.54) is 20.3 Å². The molecule has 0 radical (unpaired) electrons. The van der Waals surface area contributed by atoms with E-state index in [0.29, 0.717) is 34.1 Å².